The minimum Gasteiger partial charge on any atom is -0.475 e. The first-order chi connectivity index (χ1) is 8.61. The van der Waals surface area contributed by atoms with Crippen LogP contribution in [-0.4, -0.2) is 25.8 Å². The zero-order valence-corrected chi connectivity index (χ0v) is 10.6. The van der Waals surface area contributed by atoms with E-state index in [1.165, 1.54) is 4.68 Å². The number of hydrogen-bond acceptors (Lipinski definition) is 3. The van der Waals surface area contributed by atoms with E-state index in [0.717, 1.165) is 6.42 Å². The fourth-order valence-electron chi connectivity index (χ4n) is 1.64. The molecule has 0 aliphatic rings. The predicted octanol–water partition coefficient (Wildman–Crippen LogP) is 2.57. The molecule has 0 saturated carbocycles. The van der Waals surface area contributed by atoms with E-state index in [4.69, 9.17) is 16.7 Å². The standard InChI is InChI=1S/C12H12ClN3O2/c1-2-4-10-14-11(12(17)18)15-16(10)9-6-3-5-8(13)7-9/h3,5-7H,2,4H2,1H3,(H,17,18). The summed E-state index contributed by atoms with van der Waals surface area (Å²) in [4.78, 5) is 14.9. The molecule has 0 radical (unpaired) electrons. The lowest BCUT2D eigenvalue weighted by atomic mass is 10.3. The summed E-state index contributed by atoms with van der Waals surface area (Å²) in [5.74, 6) is -0.705. The van der Waals surface area contributed by atoms with Crippen LogP contribution in [0, 0.1) is 0 Å². The Morgan fingerprint density at radius 1 is 1.50 bits per heavy atom. The summed E-state index contributed by atoms with van der Waals surface area (Å²) in [6.45, 7) is 2.00. The molecule has 0 amide bonds. The van der Waals surface area contributed by atoms with E-state index in [9.17, 15) is 4.79 Å². The number of aromatic carboxylic acids is 1. The van der Waals surface area contributed by atoms with Crippen LogP contribution < -0.4 is 0 Å². The third kappa shape index (κ3) is 2.51. The summed E-state index contributed by atoms with van der Waals surface area (Å²) in [6, 6.07) is 7.07. The number of carboxylic acids is 1. The van der Waals surface area contributed by atoms with Crippen molar-refractivity contribution in [2.24, 2.45) is 0 Å². The van der Waals surface area contributed by atoms with Gasteiger partial charge in [0.1, 0.15) is 5.82 Å². The summed E-state index contributed by atoms with van der Waals surface area (Å²) >= 11 is 5.92. The Morgan fingerprint density at radius 2 is 2.28 bits per heavy atom. The first-order valence-electron chi connectivity index (χ1n) is 5.57. The Labute approximate surface area is 109 Å². The lowest BCUT2D eigenvalue weighted by Crippen LogP contribution is -2.03. The average Bonchev–Trinajstić information content (AvgIpc) is 2.74. The molecule has 2 rings (SSSR count). The van der Waals surface area contributed by atoms with Gasteiger partial charge in [-0.15, -0.1) is 5.10 Å². The number of hydrogen-bond donors (Lipinski definition) is 1. The van der Waals surface area contributed by atoms with Crippen molar-refractivity contribution >= 4 is 17.6 Å². The van der Waals surface area contributed by atoms with Gasteiger partial charge in [-0.2, -0.15) is 0 Å². The molecule has 1 aromatic heterocycles. The van der Waals surface area contributed by atoms with Gasteiger partial charge in [-0.05, 0) is 24.6 Å². The number of nitrogens with zero attached hydrogens (tertiary/aromatic N) is 3. The summed E-state index contributed by atoms with van der Waals surface area (Å²) in [6.07, 6.45) is 1.52. The molecule has 0 bridgehead atoms. The molecule has 0 atom stereocenters. The van der Waals surface area contributed by atoms with Crippen LogP contribution in [0.2, 0.25) is 5.02 Å². The fourth-order valence-corrected chi connectivity index (χ4v) is 1.82. The summed E-state index contributed by atoms with van der Waals surface area (Å²) in [5.41, 5.74) is 0.714. The molecule has 0 spiro atoms. The van der Waals surface area contributed by atoms with Gasteiger partial charge in [0.2, 0.25) is 0 Å². The van der Waals surface area contributed by atoms with Crippen molar-refractivity contribution in [2.75, 3.05) is 0 Å². The van der Waals surface area contributed by atoms with Gasteiger partial charge in [-0.3, -0.25) is 0 Å². The van der Waals surface area contributed by atoms with E-state index in [1.54, 1.807) is 18.2 Å². The van der Waals surface area contributed by atoms with Crippen LogP contribution in [0.4, 0.5) is 0 Å². The lowest BCUT2D eigenvalue weighted by molar-refractivity contribution is 0.0683. The van der Waals surface area contributed by atoms with Gasteiger partial charge in [0, 0.05) is 11.4 Å². The minimum atomic E-state index is -1.13. The largest absolute Gasteiger partial charge is 0.475 e. The number of halogens is 1. The first-order valence-corrected chi connectivity index (χ1v) is 5.94. The highest BCUT2D eigenvalue weighted by atomic mass is 35.5. The second kappa shape index (κ2) is 5.18. The summed E-state index contributed by atoms with van der Waals surface area (Å²) < 4.78 is 1.53. The van der Waals surface area contributed by atoms with E-state index >= 15 is 0 Å². The molecule has 1 heterocycles. The van der Waals surface area contributed by atoms with Crippen molar-refractivity contribution in [3.8, 4) is 5.69 Å². The number of rotatable bonds is 4. The zero-order valence-electron chi connectivity index (χ0n) is 9.80. The Balaban J connectivity index is 2.51. The van der Waals surface area contributed by atoms with Crippen LogP contribution in [0.1, 0.15) is 29.8 Å². The highest BCUT2D eigenvalue weighted by molar-refractivity contribution is 6.30. The van der Waals surface area contributed by atoms with Crippen LogP contribution in [0.25, 0.3) is 5.69 Å². The Hall–Kier alpha value is -1.88. The van der Waals surface area contributed by atoms with Crippen LogP contribution in [-0.2, 0) is 6.42 Å². The van der Waals surface area contributed by atoms with Crippen LogP contribution >= 0.6 is 11.6 Å². The smallest absolute Gasteiger partial charge is 0.375 e. The van der Waals surface area contributed by atoms with E-state index in [1.807, 2.05) is 13.0 Å². The van der Waals surface area contributed by atoms with Gasteiger partial charge < -0.3 is 5.11 Å². The van der Waals surface area contributed by atoms with Gasteiger partial charge in [0.05, 0.1) is 5.69 Å². The Bertz CT molecular complexity index is 580. The van der Waals surface area contributed by atoms with Crippen LogP contribution in [0.5, 0.6) is 0 Å². The molecule has 0 saturated heterocycles. The molecule has 5 nitrogen and oxygen atoms in total. The number of carboxylic acid groups (broad SMARTS) is 1. The van der Waals surface area contributed by atoms with Crippen molar-refractivity contribution in [1.82, 2.24) is 14.8 Å². The molecule has 6 heteroatoms. The summed E-state index contributed by atoms with van der Waals surface area (Å²) in [7, 11) is 0. The molecule has 18 heavy (non-hydrogen) atoms. The second-order valence-electron chi connectivity index (χ2n) is 3.80. The van der Waals surface area contributed by atoms with E-state index in [0.29, 0.717) is 23.0 Å². The molecule has 0 unspecified atom stereocenters. The predicted molar refractivity (Wildman–Crippen MR) is 67.3 cm³/mol. The van der Waals surface area contributed by atoms with Crippen molar-refractivity contribution < 1.29 is 9.90 Å². The van der Waals surface area contributed by atoms with E-state index in [2.05, 4.69) is 10.1 Å². The van der Waals surface area contributed by atoms with Crippen molar-refractivity contribution in [3.63, 3.8) is 0 Å². The Kier molecular flexibility index (Phi) is 3.62. The molecule has 94 valence electrons. The molecular weight excluding hydrogens is 254 g/mol. The van der Waals surface area contributed by atoms with Gasteiger partial charge in [-0.25, -0.2) is 14.5 Å². The Morgan fingerprint density at radius 3 is 2.89 bits per heavy atom. The van der Waals surface area contributed by atoms with Gasteiger partial charge in [0.15, 0.2) is 0 Å². The van der Waals surface area contributed by atoms with Crippen molar-refractivity contribution in [2.45, 2.75) is 19.8 Å². The highest BCUT2D eigenvalue weighted by Crippen LogP contribution is 2.16. The minimum absolute atomic E-state index is 0.196. The lowest BCUT2D eigenvalue weighted by Gasteiger charge is -2.04. The van der Waals surface area contributed by atoms with Crippen LogP contribution in [0.3, 0.4) is 0 Å². The maximum atomic E-state index is 10.9. The number of carbonyl (C=O) groups is 1. The SMILES string of the molecule is CCCc1nc(C(=O)O)nn1-c1cccc(Cl)c1. The molecule has 0 aliphatic heterocycles. The number of aryl methyl sites for hydroxylation is 1. The first kappa shape index (κ1) is 12.6. The fraction of sp³-hybridized carbons (Fsp3) is 0.250. The zero-order chi connectivity index (χ0) is 13.1. The number of benzene rings is 1. The monoisotopic (exact) mass is 265 g/mol. The molecular formula is C12H12ClN3O2. The van der Waals surface area contributed by atoms with E-state index in [-0.39, 0.29) is 5.82 Å². The molecule has 0 aliphatic carbocycles. The quantitative estimate of drug-likeness (QED) is 0.922. The topological polar surface area (TPSA) is 68.0 Å². The van der Waals surface area contributed by atoms with Crippen molar-refractivity contribution in [1.29, 1.82) is 0 Å². The average molecular weight is 266 g/mol. The highest BCUT2D eigenvalue weighted by Gasteiger charge is 2.15. The molecule has 1 N–H and O–H groups in total. The van der Waals surface area contributed by atoms with Crippen LogP contribution in [0.15, 0.2) is 24.3 Å². The third-order valence-electron chi connectivity index (χ3n) is 2.39. The molecule has 1 aromatic carbocycles. The van der Waals surface area contributed by atoms with Gasteiger partial charge in [-0.1, -0.05) is 24.6 Å². The van der Waals surface area contributed by atoms with E-state index < -0.39 is 5.97 Å². The molecule has 0 fully saturated rings. The maximum absolute atomic E-state index is 10.9. The second-order valence-corrected chi connectivity index (χ2v) is 4.23. The van der Waals surface area contributed by atoms with Gasteiger partial charge >= 0.3 is 5.97 Å². The van der Waals surface area contributed by atoms with Gasteiger partial charge in [0.25, 0.3) is 5.82 Å². The number of aromatic nitrogens is 3. The maximum Gasteiger partial charge on any atom is 0.375 e. The third-order valence-corrected chi connectivity index (χ3v) is 2.63. The van der Waals surface area contributed by atoms with Crippen molar-refractivity contribution in [3.05, 3.63) is 40.9 Å². The molecule has 2 aromatic rings. The summed E-state index contributed by atoms with van der Waals surface area (Å²) in [5, 5.41) is 13.5. The normalized spacial score (nSPS) is 10.6.